The first-order valence-electron chi connectivity index (χ1n) is 6.97. The van der Waals surface area contributed by atoms with E-state index in [9.17, 15) is 4.79 Å². The third-order valence-electron chi connectivity index (χ3n) is 3.86. The summed E-state index contributed by atoms with van der Waals surface area (Å²) in [6.07, 6.45) is 0.705. The predicted octanol–water partition coefficient (Wildman–Crippen LogP) is 2.94. The number of hydrogen-bond donors (Lipinski definition) is 2. The quantitative estimate of drug-likeness (QED) is 0.767. The van der Waals surface area contributed by atoms with Crippen LogP contribution in [0.5, 0.6) is 0 Å². The van der Waals surface area contributed by atoms with Crippen molar-refractivity contribution in [2.75, 3.05) is 0 Å². The largest absolute Gasteiger partial charge is 0.354 e. The standard InChI is InChI=1S/C15H32N2O/c1-10(2)15(7,8)12(9-14(5,6)16)13(18)17-11(3)4/h10-12H,9,16H2,1-8H3,(H,17,18). The first-order chi connectivity index (χ1) is 7.88. The summed E-state index contributed by atoms with van der Waals surface area (Å²) in [5.74, 6) is 0.505. The van der Waals surface area contributed by atoms with Gasteiger partial charge in [-0.05, 0) is 45.4 Å². The van der Waals surface area contributed by atoms with Crippen molar-refractivity contribution < 1.29 is 4.79 Å². The van der Waals surface area contributed by atoms with Crippen molar-refractivity contribution in [3.05, 3.63) is 0 Å². The van der Waals surface area contributed by atoms with Crippen molar-refractivity contribution in [1.82, 2.24) is 5.32 Å². The molecular formula is C15H32N2O. The molecule has 0 aromatic carbocycles. The highest BCUT2D eigenvalue weighted by molar-refractivity contribution is 5.79. The second-order valence-corrected chi connectivity index (χ2v) is 7.38. The average molecular weight is 256 g/mol. The maximum atomic E-state index is 12.4. The molecular weight excluding hydrogens is 224 g/mol. The minimum absolute atomic E-state index is 0.0556. The molecule has 18 heavy (non-hydrogen) atoms. The van der Waals surface area contributed by atoms with Gasteiger partial charge in [0.25, 0.3) is 0 Å². The number of amides is 1. The van der Waals surface area contributed by atoms with Crippen molar-refractivity contribution in [2.45, 2.75) is 73.4 Å². The first kappa shape index (κ1) is 17.4. The van der Waals surface area contributed by atoms with E-state index in [4.69, 9.17) is 5.73 Å². The fraction of sp³-hybridized carbons (Fsp3) is 0.933. The highest BCUT2D eigenvalue weighted by atomic mass is 16.2. The Hall–Kier alpha value is -0.570. The van der Waals surface area contributed by atoms with Crippen molar-refractivity contribution in [3.8, 4) is 0 Å². The summed E-state index contributed by atoms with van der Waals surface area (Å²) in [5.41, 5.74) is 5.73. The van der Waals surface area contributed by atoms with Gasteiger partial charge >= 0.3 is 0 Å². The number of carbonyl (C=O) groups is 1. The van der Waals surface area contributed by atoms with Crippen molar-refractivity contribution in [1.29, 1.82) is 0 Å². The zero-order valence-electron chi connectivity index (χ0n) is 13.4. The van der Waals surface area contributed by atoms with Gasteiger partial charge in [0.1, 0.15) is 0 Å². The van der Waals surface area contributed by atoms with Crippen LogP contribution in [0.3, 0.4) is 0 Å². The monoisotopic (exact) mass is 256 g/mol. The van der Waals surface area contributed by atoms with Crippen LogP contribution >= 0.6 is 0 Å². The van der Waals surface area contributed by atoms with Gasteiger partial charge in [-0.3, -0.25) is 4.79 Å². The molecule has 0 rings (SSSR count). The van der Waals surface area contributed by atoms with Gasteiger partial charge in [0.2, 0.25) is 5.91 Å². The molecule has 0 aromatic rings. The lowest BCUT2D eigenvalue weighted by Crippen LogP contribution is -2.48. The summed E-state index contributed by atoms with van der Waals surface area (Å²) in [6.45, 7) is 16.6. The Morgan fingerprint density at radius 3 is 1.83 bits per heavy atom. The van der Waals surface area contributed by atoms with Crippen molar-refractivity contribution >= 4 is 5.91 Å². The molecule has 0 aromatic heterocycles. The summed E-state index contributed by atoms with van der Waals surface area (Å²) in [6, 6.07) is 0.170. The van der Waals surface area contributed by atoms with E-state index < -0.39 is 0 Å². The molecule has 0 saturated carbocycles. The summed E-state index contributed by atoms with van der Waals surface area (Å²) in [4.78, 5) is 12.4. The molecule has 0 saturated heterocycles. The van der Waals surface area contributed by atoms with E-state index >= 15 is 0 Å². The van der Waals surface area contributed by atoms with E-state index in [0.717, 1.165) is 0 Å². The molecule has 0 radical (unpaired) electrons. The van der Waals surface area contributed by atoms with Gasteiger partial charge in [-0.1, -0.05) is 27.7 Å². The molecule has 108 valence electrons. The number of nitrogens with two attached hydrogens (primary N) is 1. The maximum Gasteiger partial charge on any atom is 0.223 e. The van der Waals surface area contributed by atoms with Gasteiger partial charge in [-0.15, -0.1) is 0 Å². The van der Waals surface area contributed by atoms with E-state index in [2.05, 4.69) is 33.0 Å². The molecule has 0 spiro atoms. The molecule has 0 fully saturated rings. The van der Waals surface area contributed by atoms with Crippen LogP contribution in [0.2, 0.25) is 0 Å². The van der Waals surface area contributed by atoms with Crippen LogP contribution in [-0.2, 0) is 4.79 Å². The van der Waals surface area contributed by atoms with E-state index in [1.807, 2.05) is 27.7 Å². The van der Waals surface area contributed by atoms with E-state index in [1.54, 1.807) is 0 Å². The Morgan fingerprint density at radius 1 is 1.11 bits per heavy atom. The summed E-state index contributed by atoms with van der Waals surface area (Å²) < 4.78 is 0. The van der Waals surface area contributed by atoms with Crippen LogP contribution in [0, 0.1) is 17.3 Å². The third kappa shape index (κ3) is 5.38. The molecule has 0 aliphatic rings. The number of carbonyl (C=O) groups excluding carboxylic acids is 1. The van der Waals surface area contributed by atoms with Gasteiger partial charge in [-0.2, -0.15) is 0 Å². The Balaban J connectivity index is 5.12. The number of hydrogen-bond acceptors (Lipinski definition) is 2. The van der Waals surface area contributed by atoms with Gasteiger partial charge in [0.15, 0.2) is 0 Å². The van der Waals surface area contributed by atoms with Gasteiger partial charge < -0.3 is 11.1 Å². The molecule has 1 unspecified atom stereocenters. The molecule has 3 heteroatoms. The molecule has 1 amide bonds. The summed E-state index contributed by atoms with van der Waals surface area (Å²) in [5, 5.41) is 3.03. The highest BCUT2D eigenvalue weighted by Crippen LogP contribution is 2.39. The zero-order valence-corrected chi connectivity index (χ0v) is 13.4. The van der Waals surface area contributed by atoms with Gasteiger partial charge in [0.05, 0.1) is 0 Å². The molecule has 0 aliphatic heterocycles. The highest BCUT2D eigenvalue weighted by Gasteiger charge is 2.39. The Bertz CT molecular complexity index is 275. The minimum atomic E-state index is -0.328. The molecule has 3 nitrogen and oxygen atoms in total. The molecule has 0 heterocycles. The topological polar surface area (TPSA) is 55.1 Å². The number of nitrogens with one attached hydrogen (secondary N) is 1. The fourth-order valence-corrected chi connectivity index (χ4v) is 2.01. The van der Waals surface area contributed by atoms with Gasteiger partial charge in [-0.25, -0.2) is 0 Å². The lowest BCUT2D eigenvalue weighted by molar-refractivity contribution is -0.131. The zero-order chi connectivity index (χ0) is 14.7. The Morgan fingerprint density at radius 2 is 1.56 bits per heavy atom. The maximum absolute atomic E-state index is 12.4. The second-order valence-electron chi connectivity index (χ2n) is 7.38. The van der Waals surface area contributed by atoms with E-state index in [-0.39, 0.29) is 28.8 Å². The molecule has 1 atom stereocenters. The number of rotatable bonds is 6. The Kier molecular flexibility index (Phi) is 5.86. The second kappa shape index (κ2) is 6.05. The van der Waals surface area contributed by atoms with Gasteiger partial charge in [0, 0.05) is 17.5 Å². The normalized spacial score (nSPS) is 15.1. The predicted molar refractivity (Wildman–Crippen MR) is 78.3 cm³/mol. The lowest BCUT2D eigenvalue weighted by Gasteiger charge is -2.40. The van der Waals surface area contributed by atoms with E-state index in [0.29, 0.717) is 12.3 Å². The van der Waals surface area contributed by atoms with Crippen molar-refractivity contribution in [2.24, 2.45) is 23.0 Å². The smallest absolute Gasteiger partial charge is 0.223 e. The van der Waals surface area contributed by atoms with Crippen LogP contribution in [-0.4, -0.2) is 17.5 Å². The van der Waals surface area contributed by atoms with Crippen molar-refractivity contribution in [3.63, 3.8) is 0 Å². The minimum Gasteiger partial charge on any atom is -0.354 e. The van der Waals surface area contributed by atoms with Crippen LogP contribution in [0.4, 0.5) is 0 Å². The summed E-state index contributed by atoms with van der Waals surface area (Å²) >= 11 is 0. The SMILES string of the molecule is CC(C)NC(=O)C(CC(C)(C)N)C(C)(C)C(C)C. The van der Waals surface area contributed by atoms with Crippen LogP contribution in [0.25, 0.3) is 0 Å². The summed E-state index contributed by atoms with van der Waals surface area (Å²) in [7, 11) is 0. The van der Waals surface area contributed by atoms with Crippen LogP contribution in [0.1, 0.15) is 61.8 Å². The molecule has 0 bridgehead atoms. The molecule has 3 N–H and O–H groups in total. The molecule has 0 aliphatic carbocycles. The van der Waals surface area contributed by atoms with Crippen LogP contribution < -0.4 is 11.1 Å². The van der Waals surface area contributed by atoms with Crippen LogP contribution in [0.15, 0.2) is 0 Å². The lowest BCUT2D eigenvalue weighted by atomic mass is 9.66. The Labute approximate surface area is 113 Å². The third-order valence-corrected chi connectivity index (χ3v) is 3.86. The van der Waals surface area contributed by atoms with E-state index in [1.165, 1.54) is 0 Å². The first-order valence-corrected chi connectivity index (χ1v) is 6.97. The average Bonchev–Trinajstić information content (AvgIpc) is 2.10. The fourth-order valence-electron chi connectivity index (χ4n) is 2.01.